The fourth-order valence-electron chi connectivity index (χ4n) is 2.97. The van der Waals surface area contributed by atoms with Crippen molar-refractivity contribution in [2.75, 3.05) is 5.32 Å². The summed E-state index contributed by atoms with van der Waals surface area (Å²) >= 11 is 1.62. The van der Waals surface area contributed by atoms with Gasteiger partial charge in [0.1, 0.15) is 5.69 Å². The Hall–Kier alpha value is -3.39. The highest BCUT2D eigenvalue weighted by atomic mass is 127. The lowest BCUT2D eigenvalue weighted by Gasteiger charge is -2.12. The maximum Gasteiger partial charge on any atom is 0.417 e. The van der Waals surface area contributed by atoms with E-state index in [1.165, 1.54) is 12.1 Å². The van der Waals surface area contributed by atoms with Crippen molar-refractivity contribution in [1.82, 2.24) is 14.6 Å². The van der Waals surface area contributed by atoms with Gasteiger partial charge in [-0.15, -0.1) is 0 Å². The number of nitrogens with one attached hydrogen (secondary N) is 1. The van der Waals surface area contributed by atoms with Crippen LogP contribution in [0, 0.1) is 22.3 Å². The number of amides is 1. The molecule has 1 N–H and O–H groups in total. The van der Waals surface area contributed by atoms with Gasteiger partial charge in [-0.2, -0.15) is 18.3 Å². The molecule has 0 spiro atoms. The summed E-state index contributed by atoms with van der Waals surface area (Å²) in [7, 11) is 0. The molecule has 2 aromatic heterocycles. The van der Waals surface area contributed by atoms with E-state index >= 15 is 0 Å². The standard InChI is InChI=1S/C23H14F3IN4O/c1-14-4-5-16(22(32)30-17-7-9-20(27)19(12-17)23(24,25)26)11-15(14)6-8-18-13-28-21-3-2-10-29-31(18)21/h2-5,7,9-13H,1H3,(H,30,32). The second-order valence-electron chi connectivity index (χ2n) is 6.86. The molecule has 0 bridgehead atoms. The highest BCUT2D eigenvalue weighted by Crippen LogP contribution is 2.34. The third-order valence-electron chi connectivity index (χ3n) is 4.63. The number of nitrogens with zero attached hydrogens (tertiary/aromatic N) is 3. The van der Waals surface area contributed by atoms with Crippen LogP contribution in [-0.2, 0) is 6.18 Å². The number of carbonyl (C=O) groups excluding carboxylic acids is 1. The van der Waals surface area contributed by atoms with E-state index in [2.05, 4.69) is 27.2 Å². The van der Waals surface area contributed by atoms with Crippen molar-refractivity contribution in [3.8, 4) is 11.8 Å². The summed E-state index contributed by atoms with van der Waals surface area (Å²) in [5.41, 5.74) is 2.27. The number of fused-ring (bicyclic) bond motifs is 1. The molecule has 0 aliphatic carbocycles. The number of halogens is 4. The Labute approximate surface area is 194 Å². The van der Waals surface area contributed by atoms with E-state index in [0.717, 1.165) is 11.6 Å². The molecule has 5 nitrogen and oxygen atoms in total. The summed E-state index contributed by atoms with van der Waals surface area (Å²) in [5.74, 6) is 5.50. The number of hydrogen-bond donors (Lipinski definition) is 1. The Morgan fingerprint density at radius 3 is 2.72 bits per heavy atom. The molecule has 9 heteroatoms. The van der Waals surface area contributed by atoms with Crippen LogP contribution in [0.3, 0.4) is 0 Å². The quantitative estimate of drug-likeness (QED) is 0.274. The minimum Gasteiger partial charge on any atom is -0.322 e. The smallest absolute Gasteiger partial charge is 0.322 e. The molecule has 0 unspecified atom stereocenters. The Morgan fingerprint density at radius 1 is 1.12 bits per heavy atom. The normalized spacial score (nSPS) is 11.2. The minimum absolute atomic E-state index is 0.0582. The molecule has 0 aliphatic heterocycles. The SMILES string of the molecule is Cc1ccc(C(=O)Nc2ccc(I)c(C(F)(F)F)c2)cc1C#Cc1cnc2cccnn12. The summed E-state index contributed by atoms with van der Waals surface area (Å²) < 4.78 is 41.1. The Morgan fingerprint density at radius 2 is 1.94 bits per heavy atom. The van der Waals surface area contributed by atoms with Gasteiger partial charge in [0.25, 0.3) is 5.91 Å². The van der Waals surface area contributed by atoms with Gasteiger partial charge in [0, 0.05) is 26.6 Å². The van der Waals surface area contributed by atoms with Crippen LogP contribution in [0.25, 0.3) is 5.65 Å². The average molecular weight is 546 g/mol. The number of benzene rings is 2. The van der Waals surface area contributed by atoms with Crippen LogP contribution in [0.15, 0.2) is 60.9 Å². The van der Waals surface area contributed by atoms with Crippen LogP contribution in [-0.4, -0.2) is 20.5 Å². The molecular weight excluding hydrogens is 532 g/mol. The molecule has 0 fully saturated rings. The van der Waals surface area contributed by atoms with Crippen LogP contribution < -0.4 is 5.32 Å². The van der Waals surface area contributed by atoms with Crippen molar-refractivity contribution < 1.29 is 18.0 Å². The Kier molecular flexibility index (Phi) is 5.88. The lowest BCUT2D eigenvalue weighted by Crippen LogP contribution is -2.14. The van der Waals surface area contributed by atoms with Gasteiger partial charge in [0.2, 0.25) is 0 Å². The number of anilines is 1. The minimum atomic E-state index is -4.50. The summed E-state index contributed by atoms with van der Waals surface area (Å²) in [5, 5.41) is 6.73. The molecule has 160 valence electrons. The molecule has 0 saturated heterocycles. The molecule has 0 radical (unpaired) electrons. The first kappa shape index (κ1) is 21.8. The van der Waals surface area contributed by atoms with Gasteiger partial charge in [-0.05, 0) is 83.5 Å². The third-order valence-corrected chi connectivity index (χ3v) is 5.57. The third kappa shape index (κ3) is 4.60. The molecule has 32 heavy (non-hydrogen) atoms. The predicted molar refractivity (Wildman–Crippen MR) is 122 cm³/mol. The van der Waals surface area contributed by atoms with E-state index in [0.29, 0.717) is 16.9 Å². The van der Waals surface area contributed by atoms with E-state index in [1.54, 1.807) is 63.8 Å². The van der Waals surface area contributed by atoms with Crippen LogP contribution in [0.5, 0.6) is 0 Å². The topological polar surface area (TPSA) is 59.3 Å². The lowest BCUT2D eigenvalue weighted by atomic mass is 10.0. The van der Waals surface area contributed by atoms with Crippen molar-refractivity contribution in [1.29, 1.82) is 0 Å². The number of rotatable bonds is 2. The van der Waals surface area contributed by atoms with Crippen LogP contribution in [0.4, 0.5) is 18.9 Å². The molecule has 0 atom stereocenters. The molecular formula is C23H14F3IN4O. The van der Waals surface area contributed by atoms with Gasteiger partial charge in [-0.25, -0.2) is 9.50 Å². The summed E-state index contributed by atoms with van der Waals surface area (Å²) in [6.07, 6.45) is -1.27. The molecule has 2 aromatic carbocycles. The zero-order valence-electron chi connectivity index (χ0n) is 16.5. The summed E-state index contributed by atoms with van der Waals surface area (Å²) in [4.78, 5) is 16.9. The molecule has 4 rings (SSSR count). The first-order chi connectivity index (χ1) is 15.2. The van der Waals surface area contributed by atoms with Gasteiger partial charge in [-0.3, -0.25) is 4.79 Å². The molecule has 1 amide bonds. The first-order valence-corrected chi connectivity index (χ1v) is 10.4. The zero-order chi connectivity index (χ0) is 22.9. The van der Waals surface area contributed by atoms with Gasteiger partial charge in [0.15, 0.2) is 5.65 Å². The van der Waals surface area contributed by atoms with Crippen molar-refractivity contribution >= 4 is 39.8 Å². The van der Waals surface area contributed by atoms with Gasteiger partial charge >= 0.3 is 6.18 Å². The lowest BCUT2D eigenvalue weighted by molar-refractivity contribution is -0.138. The molecule has 0 saturated carbocycles. The van der Waals surface area contributed by atoms with E-state index in [1.807, 2.05) is 13.0 Å². The zero-order valence-corrected chi connectivity index (χ0v) is 18.7. The number of aryl methyl sites for hydroxylation is 1. The van der Waals surface area contributed by atoms with Crippen LogP contribution in [0.1, 0.15) is 32.7 Å². The van der Waals surface area contributed by atoms with Crippen LogP contribution in [0.2, 0.25) is 0 Å². The Bertz CT molecular complexity index is 1400. The first-order valence-electron chi connectivity index (χ1n) is 9.32. The van der Waals surface area contributed by atoms with Crippen molar-refractivity contribution in [3.63, 3.8) is 0 Å². The van der Waals surface area contributed by atoms with Crippen molar-refractivity contribution in [3.05, 3.63) is 92.4 Å². The average Bonchev–Trinajstić information content (AvgIpc) is 3.17. The molecule has 4 aromatic rings. The fourth-order valence-corrected chi connectivity index (χ4v) is 3.61. The maximum absolute atomic E-state index is 13.1. The second-order valence-corrected chi connectivity index (χ2v) is 8.03. The summed E-state index contributed by atoms with van der Waals surface area (Å²) in [6.45, 7) is 1.85. The van der Waals surface area contributed by atoms with E-state index in [4.69, 9.17) is 0 Å². The maximum atomic E-state index is 13.1. The number of aromatic nitrogens is 3. The number of carbonyl (C=O) groups is 1. The highest BCUT2D eigenvalue weighted by molar-refractivity contribution is 14.1. The number of hydrogen-bond acceptors (Lipinski definition) is 3. The van der Waals surface area contributed by atoms with Gasteiger partial charge in [0.05, 0.1) is 11.8 Å². The van der Waals surface area contributed by atoms with Crippen molar-refractivity contribution in [2.45, 2.75) is 13.1 Å². The fraction of sp³-hybridized carbons (Fsp3) is 0.0870. The van der Waals surface area contributed by atoms with E-state index in [9.17, 15) is 18.0 Å². The predicted octanol–water partition coefficient (Wildman–Crippen LogP) is 5.31. The number of alkyl halides is 3. The van der Waals surface area contributed by atoms with E-state index < -0.39 is 17.6 Å². The van der Waals surface area contributed by atoms with E-state index in [-0.39, 0.29) is 14.8 Å². The monoisotopic (exact) mass is 546 g/mol. The number of imidazole rings is 1. The molecule has 2 heterocycles. The summed E-state index contributed by atoms with van der Waals surface area (Å²) in [6, 6.07) is 12.2. The van der Waals surface area contributed by atoms with Gasteiger partial charge in [-0.1, -0.05) is 12.0 Å². The second kappa shape index (κ2) is 8.63. The van der Waals surface area contributed by atoms with Crippen molar-refractivity contribution in [2.24, 2.45) is 0 Å². The van der Waals surface area contributed by atoms with Crippen LogP contribution >= 0.6 is 22.6 Å². The molecule has 0 aliphatic rings. The largest absolute Gasteiger partial charge is 0.417 e. The van der Waals surface area contributed by atoms with Gasteiger partial charge < -0.3 is 5.32 Å². The highest BCUT2D eigenvalue weighted by Gasteiger charge is 2.33. The Balaban J connectivity index is 1.60.